The summed E-state index contributed by atoms with van der Waals surface area (Å²) >= 11 is 0. The summed E-state index contributed by atoms with van der Waals surface area (Å²) < 4.78 is 4.92. The molecule has 0 aliphatic carbocycles. The number of methoxy groups -OCH3 is 1. The number of nitro groups is 1. The van der Waals surface area contributed by atoms with Crippen molar-refractivity contribution < 1.29 is 14.8 Å². The van der Waals surface area contributed by atoms with E-state index in [0.29, 0.717) is 5.56 Å². The number of rotatable bonds is 5. The van der Waals surface area contributed by atoms with Gasteiger partial charge in [0.2, 0.25) is 0 Å². The Morgan fingerprint density at radius 1 is 1.53 bits per heavy atom. The molecule has 0 radical (unpaired) electrons. The molecule has 3 N–H and O–H groups in total. The lowest BCUT2D eigenvalue weighted by Crippen LogP contribution is -2.32. The Kier molecular flexibility index (Phi) is 6.21. The number of halogens is 1. The van der Waals surface area contributed by atoms with E-state index in [1.165, 1.54) is 19.2 Å². The third-order valence-corrected chi connectivity index (χ3v) is 3.01. The fraction of sp³-hybridized carbons (Fsp3) is 0.500. The Balaban J connectivity index is 0.00000324. The molecule has 0 amide bonds. The number of nitrogens with zero attached hydrogens (tertiary/aromatic N) is 1. The molecule has 0 bridgehead atoms. The van der Waals surface area contributed by atoms with Gasteiger partial charge in [0.25, 0.3) is 0 Å². The molecule has 0 aliphatic heterocycles. The van der Waals surface area contributed by atoms with E-state index in [0.717, 1.165) is 0 Å². The highest BCUT2D eigenvalue weighted by Gasteiger charge is 2.29. The van der Waals surface area contributed by atoms with Crippen LogP contribution in [0.15, 0.2) is 18.2 Å². The first-order chi connectivity index (χ1) is 8.33. The highest BCUT2D eigenvalue weighted by molar-refractivity contribution is 5.85. The van der Waals surface area contributed by atoms with Crippen LogP contribution >= 0.6 is 12.4 Å². The van der Waals surface area contributed by atoms with Crippen LogP contribution in [0.25, 0.3) is 0 Å². The highest BCUT2D eigenvalue weighted by atomic mass is 35.5. The summed E-state index contributed by atoms with van der Waals surface area (Å²) in [6, 6.07) is 4.09. The van der Waals surface area contributed by atoms with Crippen molar-refractivity contribution in [3.63, 3.8) is 0 Å². The van der Waals surface area contributed by atoms with Gasteiger partial charge >= 0.3 is 5.69 Å². The number of nitrogens with two attached hydrogens (primary N) is 1. The van der Waals surface area contributed by atoms with Gasteiger partial charge < -0.3 is 15.6 Å². The Labute approximate surface area is 118 Å². The van der Waals surface area contributed by atoms with E-state index in [9.17, 15) is 15.2 Å². The normalized spacial score (nSPS) is 12.5. The van der Waals surface area contributed by atoms with E-state index in [-0.39, 0.29) is 30.5 Å². The molecule has 6 nitrogen and oxygen atoms in total. The molecule has 0 heterocycles. The van der Waals surface area contributed by atoms with Crippen molar-refractivity contribution in [3.8, 4) is 5.75 Å². The number of hydrogen-bond donors (Lipinski definition) is 2. The average molecular weight is 291 g/mol. The van der Waals surface area contributed by atoms with Crippen molar-refractivity contribution in [1.29, 1.82) is 0 Å². The summed E-state index contributed by atoms with van der Waals surface area (Å²) in [4.78, 5) is 10.4. The third-order valence-electron chi connectivity index (χ3n) is 3.01. The molecule has 1 atom stereocenters. The molecule has 1 rings (SSSR count). The average Bonchev–Trinajstić information content (AvgIpc) is 2.36. The van der Waals surface area contributed by atoms with Crippen LogP contribution in [0.1, 0.15) is 25.5 Å². The van der Waals surface area contributed by atoms with Gasteiger partial charge in [-0.3, -0.25) is 10.1 Å². The van der Waals surface area contributed by atoms with Crippen molar-refractivity contribution >= 4 is 18.1 Å². The largest absolute Gasteiger partial charge is 0.490 e. The molecule has 1 aromatic rings. The fourth-order valence-electron chi connectivity index (χ4n) is 1.59. The van der Waals surface area contributed by atoms with Gasteiger partial charge in [-0.15, -0.1) is 12.4 Å². The third kappa shape index (κ3) is 3.79. The summed E-state index contributed by atoms with van der Waals surface area (Å²) in [5, 5.41) is 20.2. The first-order valence-electron chi connectivity index (χ1n) is 5.52. The van der Waals surface area contributed by atoms with Gasteiger partial charge in [-0.05, 0) is 11.6 Å². The predicted octanol–water partition coefficient (Wildman–Crippen LogP) is 2.04. The van der Waals surface area contributed by atoms with E-state index in [1.54, 1.807) is 19.9 Å². The standard InChI is InChI=1S/C12H18N2O4.ClH/c1-12(2,7-15)11(13)8-4-5-10(18-3)9(6-8)14(16)17;/h4-6,11,15H,7,13H2,1-3H3;1H/t11-;/m1./s1. The Morgan fingerprint density at radius 3 is 2.53 bits per heavy atom. The van der Waals surface area contributed by atoms with Gasteiger partial charge in [-0.1, -0.05) is 19.9 Å². The first kappa shape index (κ1) is 17.6. The fourth-order valence-corrected chi connectivity index (χ4v) is 1.59. The molecule has 0 saturated carbocycles. The van der Waals surface area contributed by atoms with Crippen LogP contribution in [0.3, 0.4) is 0 Å². The second-order valence-corrected chi connectivity index (χ2v) is 4.81. The van der Waals surface area contributed by atoms with Crippen LogP contribution in [-0.4, -0.2) is 23.7 Å². The molecule has 0 unspecified atom stereocenters. The number of nitro benzene ring substituents is 1. The molecule has 0 spiro atoms. The molecule has 0 fully saturated rings. The minimum atomic E-state index is -0.553. The van der Waals surface area contributed by atoms with Crippen molar-refractivity contribution in [2.45, 2.75) is 19.9 Å². The molecule has 19 heavy (non-hydrogen) atoms. The van der Waals surface area contributed by atoms with Crippen LogP contribution in [0.2, 0.25) is 0 Å². The van der Waals surface area contributed by atoms with Crippen LogP contribution in [-0.2, 0) is 0 Å². The van der Waals surface area contributed by atoms with Gasteiger partial charge in [-0.25, -0.2) is 0 Å². The number of hydrogen-bond acceptors (Lipinski definition) is 5. The first-order valence-corrected chi connectivity index (χ1v) is 5.52. The summed E-state index contributed by atoms with van der Waals surface area (Å²) in [7, 11) is 1.37. The molecule has 108 valence electrons. The van der Waals surface area contributed by atoms with Crippen LogP contribution < -0.4 is 10.5 Å². The maximum absolute atomic E-state index is 10.9. The Morgan fingerprint density at radius 2 is 2.11 bits per heavy atom. The number of ether oxygens (including phenoxy) is 1. The maximum Gasteiger partial charge on any atom is 0.311 e. The van der Waals surface area contributed by atoms with Crippen LogP contribution in [0.4, 0.5) is 5.69 Å². The molecule has 0 aliphatic rings. The number of aliphatic hydroxyl groups excluding tert-OH is 1. The minimum Gasteiger partial charge on any atom is -0.490 e. The van der Waals surface area contributed by atoms with E-state index in [2.05, 4.69) is 0 Å². The predicted molar refractivity (Wildman–Crippen MR) is 74.7 cm³/mol. The zero-order valence-corrected chi connectivity index (χ0v) is 11.9. The van der Waals surface area contributed by atoms with Crippen molar-refractivity contribution in [1.82, 2.24) is 0 Å². The van der Waals surface area contributed by atoms with Gasteiger partial charge in [-0.2, -0.15) is 0 Å². The number of benzene rings is 1. The van der Waals surface area contributed by atoms with Gasteiger partial charge in [0.1, 0.15) is 0 Å². The topological polar surface area (TPSA) is 98.6 Å². The van der Waals surface area contributed by atoms with E-state index < -0.39 is 16.4 Å². The van der Waals surface area contributed by atoms with Gasteiger partial charge in [0.15, 0.2) is 5.75 Å². The number of aliphatic hydroxyl groups is 1. The highest BCUT2D eigenvalue weighted by Crippen LogP contribution is 2.35. The van der Waals surface area contributed by atoms with Crippen LogP contribution in [0.5, 0.6) is 5.75 Å². The van der Waals surface area contributed by atoms with E-state index in [4.69, 9.17) is 10.5 Å². The molecule has 0 saturated heterocycles. The lowest BCUT2D eigenvalue weighted by atomic mass is 9.82. The summed E-state index contributed by atoms with van der Waals surface area (Å²) in [6.07, 6.45) is 0. The van der Waals surface area contributed by atoms with Crippen molar-refractivity contribution in [2.75, 3.05) is 13.7 Å². The minimum absolute atomic E-state index is 0. The molecule has 1 aromatic carbocycles. The zero-order valence-electron chi connectivity index (χ0n) is 11.1. The van der Waals surface area contributed by atoms with Gasteiger partial charge in [0, 0.05) is 24.1 Å². The smallest absolute Gasteiger partial charge is 0.311 e. The second kappa shape index (κ2) is 6.70. The zero-order chi connectivity index (χ0) is 13.9. The monoisotopic (exact) mass is 290 g/mol. The Bertz CT molecular complexity index is 451. The lowest BCUT2D eigenvalue weighted by molar-refractivity contribution is -0.385. The van der Waals surface area contributed by atoms with E-state index >= 15 is 0 Å². The molecular formula is C12H19ClN2O4. The summed E-state index contributed by atoms with van der Waals surface area (Å²) in [5.74, 6) is 0.192. The summed E-state index contributed by atoms with van der Waals surface area (Å²) in [5.41, 5.74) is 5.94. The second-order valence-electron chi connectivity index (χ2n) is 4.81. The lowest BCUT2D eigenvalue weighted by Gasteiger charge is -2.29. The van der Waals surface area contributed by atoms with Crippen molar-refractivity contribution in [3.05, 3.63) is 33.9 Å². The van der Waals surface area contributed by atoms with Crippen LogP contribution in [0, 0.1) is 15.5 Å². The Hall–Kier alpha value is -1.37. The van der Waals surface area contributed by atoms with E-state index in [1.807, 2.05) is 0 Å². The quantitative estimate of drug-likeness (QED) is 0.639. The van der Waals surface area contributed by atoms with Crippen molar-refractivity contribution in [2.24, 2.45) is 11.1 Å². The molecular weight excluding hydrogens is 272 g/mol. The van der Waals surface area contributed by atoms with Gasteiger partial charge in [0.05, 0.1) is 12.0 Å². The molecule has 7 heteroatoms. The maximum atomic E-state index is 10.9. The molecule has 0 aromatic heterocycles. The summed E-state index contributed by atoms with van der Waals surface area (Å²) in [6.45, 7) is 3.50. The SMILES string of the molecule is COc1ccc([C@@H](N)C(C)(C)CO)cc1[N+](=O)[O-].Cl.